The van der Waals surface area contributed by atoms with Crippen molar-refractivity contribution in [3.63, 3.8) is 0 Å². The second-order valence-electron chi connectivity index (χ2n) is 10.0. The lowest BCUT2D eigenvalue weighted by atomic mass is 9.99. The third-order valence-electron chi connectivity index (χ3n) is 6.96. The second kappa shape index (κ2) is 12.9. The first-order valence-electron chi connectivity index (χ1n) is 13.4. The summed E-state index contributed by atoms with van der Waals surface area (Å²) in [6, 6.07) is 23.2. The number of carbonyl (C=O) groups excluding carboxylic acids is 1. The Morgan fingerprint density at radius 3 is 2.45 bits per heavy atom. The summed E-state index contributed by atoms with van der Waals surface area (Å²) < 4.78 is 12.8. The number of fused-ring (bicyclic) bond motifs is 1. The number of aliphatic hydroxyl groups is 1. The molecule has 0 aliphatic carbocycles. The van der Waals surface area contributed by atoms with Crippen LogP contribution >= 0.6 is 0 Å². The summed E-state index contributed by atoms with van der Waals surface area (Å²) in [5.41, 5.74) is 5.49. The molecule has 1 saturated heterocycles. The molecular formula is C32H34N4O4. The van der Waals surface area contributed by atoms with Crippen LogP contribution in [-0.2, 0) is 22.6 Å². The van der Waals surface area contributed by atoms with E-state index in [1.807, 2.05) is 85.9 Å². The highest BCUT2D eigenvalue weighted by Crippen LogP contribution is 2.38. The van der Waals surface area contributed by atoms with Gasteiger partial charge in [0.25, 0.3) is 5.91 Å². The van der Waals surface area contributed by atoms with Crippen LogP contribution in [0.2, 0.25) is 0 Å². The Bertz CT molecular complexity index is 1440. The van der Waals surface area contributed by atoms with Crippen LogP contribution in [-0.4, -0.2) is 52.1 Å². The van der Waals surface area contributed by atoms with Crippen LogP contribution in [0.25, 0.3) is 11.0 Å². The van der Waals surface area contributed by atoms with Gasteiger partial charge in [-0.3, -0.25) is 9.78 Å². The van der Waals surface area contributed by atoms with Crippen LogP contribution in [0.4, 0.5) is 0 Å². The lowest BCUT2D eigenvalue weighted by molar-refractivity contribution is -0.252. The largest absolute Gasteiger partial charge is 0.392 e. The lowest BCUT2D eigenvalue weighted by Gasteiger charge is -2.37. The molecule has 0 spiro atoms. The summed E-state index contributed by atoms with van der Waals surface area (Å²) in [5, 5.41) is 12.3. The van der Waals surface area contributed by atoms with Crippen LogP contribution in [0.15, 0.2) is 91.6 Å². The first-order chi connectivity index (χ1) is 19.5. The average Bonchev–Trinajstić information content (AvgIpc) is 3.00. The summed E-state index contributed by atoms with van der Waals surface area (Å²) in [5.74, 6) is -0.275. The zero-order valence-corrected chi connectivity index (χ0v) is 22.6. The van der Waals surface area contributed by atoms with Gasteiger partial charge in [0.15, 0.2) is 6.29 Å². The molecule has 2 heterocycles. The molecule has 1 fully saturated rings. The number of carbonyl (C=O) groups is 1. The minimum atomic E-state index is -0.532. The van der Waals surface area contributed by atoms with Crippen molar-refractivity contribution < 1.29 is 19.4 Å². The van der Waals surface area contributed by atoms with Gasteiger partial charge in [-0.1, -0.05) is 66.7 Å². The maximum atomic E-state index is 12.7. The van der Waals surface area contributed by atoms with Gasteiger partial charge in [0.2, 0.25) is 0 Å². The van der Waals surface area contributed by atoms with Crippen molar-refractivity contribution in [1.29, 1.82) is 0 Å². The van der Waals surface area contributed by atoms with E-state index >= 15 is 0 Å². The van der Waals surface area contributed by atoms with Gasteiger partial charge in [-0.15, -0.1) is 6.58 Å². The average molecular weight is 539 g/mol. The van der Waals surface area contributed by atoms with Gasteiger partial charge >= 0.3 is 0 Å². The molecule has 40 heavy (non-hydrogen) atoms. The molecule has 206 valence electrons. The van der Waals surface area contributed by atoms with Gasteiger partial charge in [0, 0.05) is 31.6 Å². The Labute approximate surface area is 234 Å². The number of likely N-dealkylation sites (N-methyl/N-ethyl adjacent to an activating group) is 1. The zero-order chi connectivity index (χ0) is 27.9. The molecule has 0 bridgehead atoms. The molecule has 8 heteroatoms. The molecule has 8 nitrogen and oxygen atoms in total. The number of para-hydroxylation sites is 2. The van der Waals surface area contributed by atoms with E-state index in [1.54, 1.807) is 0 Å². The van der Waals surface area contributed by atoms with E-state index in [0.29, 0.717) is 12.1 Å². The van der Waals surface area contributed by atoms with Gasteiger partial charge in [-0.2, -0.15) is 0 Å². The van der Waals surface area contributed by atoms with E-state index in [2.05, 4.69) is 26.8 Å². The first kappa shape index (κ1) is 27.6. The predicted molar refractivity (Wildman–Crippen MR) is 153 cm³/mol. The quantitative estimate of drug-likeness (QED) is 0.282. The fourth-order valence-electron chi connectivity index (χ4n) is 4.81. The second-order valence-corrected chi connectivity index (χ2v) is 10.0. The van der Waals surface area contributed by atoms with Gasteiger partial charge < -0.3 is 24.8 Å². The Morgan fingerprint density at radius 2 is 1.73 bits per heavy atom. The van der Waals surface area contributed by atoms with Crippen molar-refractivity contribution in [3.05, 3.63) is 120 Å². The number of aromatic nitrogens is 2. The topological polar surface area (TPSA) is 96.8 Å². The predicted octanol–water partition coefficient (Wildman–Crippen LogP) is 4.72. The summed E-state index contributed by atoms with van der Waals surface area (Å²) >= 11 is 0. The number of nitrogens with one attached hydrogen (secondary N) is 1. The summed E-state index contributed by atoms with van der Waals surface area (Å²) in [6.45, 7) is 5.72. The highest BCUT2D eigenvalue weighted by atomic mass is 16.7. The molecule has 0 radical (unpaired) electrons. The molecule has 1 amide bonds. The van der Waals surface area contributed by atoms with Crippen LogP contribution in [0.1, 0.15) is 51.6 Å². The Morgan fingerprint density at radius 1 is 1.02 bits per heavy atom. The number of rotatable bonds is 10. The van der Waals surface area contributed by atoms with Gasteiger partial charge in [0.1, 0.15) is 5.69 Å². The monoisotopic (exact) mass is 538 g/mol. The van der Waals surface area contributed by atoms with E-state index in [-0.39, 0.29) is 30.4 Å². The smallest absolute Gasteiger partial charge is 0.271 e. The molecule has 1 aliphatic heterocycles. The molecule has 0 saturated carbocycles. The standard InChI is InChI=1S/C32H34N4O4/c1-3-16-36(2)20-26-17-30(24-12-10-23(21-37)11-13-24)40-32(39-26)25-14-8-22(9-15-25)18-34-31(38)29-19-33-27-6-4-5-7-28(27)35-29/h3-15,19,26,30,32,37H,1,16-18,20-21H2,2H3,(H,34,38)/t26-,30+,32+/m0/s1. The number of hydrogen-bond acceptors (Lipinski definition) is 7. The molecule has 3 atom stereocenters. The normalized spacial score (nSPS) is 19.0. The highest BCUT2D eigenvalue weighted by molar-refractivity contribution is 5.93. The van der Waals surface area contributed by atoms with E-state index < -0.39 is 6.29 Å². The SMILES string of the molecule is C=CCN(C)C[C@@H]1C[C@H](c2ccc(CO)cc2)O[C@H](c2ccc(CNC(=O)c3cnc4ccccc4n3)cc2)O1. The minimum absolute atomic E-state index is 0.00890. The molecule has 0 unspecified atom stereocenters. The van der Waals surface area contributed by atoms with Gasteiger partial charge in [0.05, 0.1) is 36.0 Å². The minimum Gasteiger partial charge on any atom is -0.392 e. The number of amides is 1. The Hall–Kier alpha value is -3.95. The maximum Gasteiger partial charge on any atom is 0.271 e. The number of aliphatic hydroxyl groups excluding tert-OH is 1. The van der Waals surface area contributed by atoms with E-state index in [9.17, 15) is 9.90 Å². The molecule has 1 aliphatic rings. The van der Waals surface area contributed by atoms with Crippen molar-refractivity contribution in [3.8, 4) is 0 Å². The summed E-state index contributed by atoms with van der Waals surface area (Å²) in [6.07, 6.45) is 3.39. The number of nitrogens with zero attached hydrogens (tertiary/aromatic N) is 3. The Balaban J connectivity index is 1.25. The third-order valence-corrected chi connectivity index (χ3v) is 6.96. The fraction of sp³-hybridized carbons (Fsp3) is 0.281. The summed E-state index contributed by atoms with van der Waals surface area (Å²) in [4.78, 5) is 23.6. The first-order valence-corrected chi connectivity index (χ1v) is 13.4. The van der Waals surface area contributed by atoms with E-state index in [0.717, 1.165) is 47.3 Å². The van der Waals surface area contributed by atoms with Crippen molar-refractivity contribution in [1.82, 2.24) is 20.2 Å². The summed E-state index contributed by atoms with van der Waals surface area (Å²) in [7, 11) is 2.05. The van der Waals surface area contributed by atoms with Crippen molar-refractivity contribution in [2.75, 3.05) is 20.1 Å². The zero-order valence-electron chi connectivity index (χ0n) is 22.6. The molecule has 5 rings (SSSR count). The van der Waals surface area contributed by atoms with Gasteiger partial charge in [-0.25, -0.2) is 4.98 Å². The lowest BCUT2D eigenvalue weighted by Crippen LogP contribution is -2.37. The number of hydrogen-bond donors (Lipinski definition) is 2. The third kappa shape index (κ3) is 6.78. The van der Waals surface area contributed by atoms with E-state index in [1.165, 1.54) is 6.20 Å². The van der Waals surface area contributed by atoms with Crippen molar-refractivity contribution >= 4 is 16.9 Å². The van der Waals surface area contributed by atoms with Crippen molar-refractivity contribution in [2.24, 2.45) is 0 Å². The van der Waals surface area contributed by atoms with Gasteiger partial charge in [-0.05, 0) is 35.9 Å². The van der Waals surface area contributed by atoms with Crippen molar-refractivity contribution in [2.45, 2.75) is 38.1 Å². The van der Waals surface area contributed by atoms with Crippen LogP contribution in [0, 0.1) is 0 Å². The van der Waals surface area contributed by atoms with Crippen LogP contribution < -0.4 is 5.32 Å². The number of ether oxygens (including phenoxy) is 2. The van der Waals surface area contributed by atoms with Crippen LogP contribution in [0.3, 0.4) is 0 Å². The molecule has 3 aromatic carbocycles. The van der Waals surface area contributed by atoms with Crippen LogP contribution in [0.5, 0.6) is 0 Å². The highest BCUT2D eigenvalue weighted by Gasteiger charge is 2.32. The molecule has 1 aromatic heterocycles. The fourth-order valence-corrected chi connectivity index (χ4v) is 4.81. The maximum absolute atomic E-state index is 12.7. The molecule has 2 N–H and O–H groups in total. The molecular weight excluding hydrogens is 504 g/mol. The molecule has 4 aromatic rings. The number of benzene rings is 3. The Kier molecular flexibility index (Phi) is 8.93. The van der Waals surface area contributed by atoms with E-state index in [4.69, 9.17) is 9.47 Å².